The number of rotatable bonds is 7. The quantitative estimate of drug-likeness (QED) is 0.242. The van der Waals surface area contributed by atoms with Crippen LogP contribution < -0.4 is 20.7 Å². The van der Waals surface area contributed by atoms with Crippen LogP contribution in [0.4, 0.5) is 11.4 Å². The van der Waals surface area contributed by atoms with Crippen molar-refractivity contribution in [3.63, 3.8) is 0 Å². The number of benzene rings is 2. The van der Waals surface area contributed by atoms with Gasteiger partial charge in [0.2, 0.25) is 11.8 Å². The molecule has 0 radical (unpaired) electrons. The van der Waals surface area contributed by atoms with E-state index >= 15 is 0 Å². The summed E-state index contributed by atoms with van der Waals surface area (Å²) in [6.07, 6.45) is 2.81. The van der Waals surface area contributed by atoms with Gasteiger partial charge in [0.1, 0.15) is 17.3 Å². The Labute approximate surface area is 218 Å². The van der Waals surface area contributed by atoms with Gasteiger partial charge in [-0.15, -0.1) is 0 Å². The van der Waals surface area contributed by atoms with Gasteiger partial charge in [-0.05, 0) is 60.8 Å². The van der Waals surface area contributed by atoms with Crippen LogP contribution in [0.25, 0.3) is 17.4 Å². The Morgan fingerprint density at radius 1 is 1.06 bits per heavy atom. The van der Waals surface area contributed by atoms with Crippen LogP contribution in [-0.2, 0) is 9.59 Å². The summed E-state index contributed by atoms with van der Waals surface area (Å²) in [7, 11) is 1.50. The second-order valence-electron chi connectivity index (χ2n) is 7.66. The molecule has 35 heavy (non-hydrogen) atoms. The van der Waals surface area contributed by atoms with E-state index in [2.05, 4.69) is 16.0 Å². The summed E-state index contributed by atoms with van der Waals surface area (Å²) in [6.45, 7) is 3.60. The number of amides is 2. The molecular weight excluding hydrogens is 509 g/mol. The minimum Gasteiger partial charge on any atom is -0.494 e. The highest BCUT2D eigenvalue weighted by atomic mass is 35.5. The maximum atomic E-state index is 12.3. The fourth-order valence-electron chi connectivity index (χ4n) is 2.90. The molecule has 0 saturated carbocycles. The Bertz CT molecular complexity index is 1290. The fourth-order valence-corrected chi connectivity index (χ4v) is 3.62. The Morgan fingerprint density at radius 2 is 1.83 bits per heavy atom. The summed E-state index contributed by atoms with van der Waals surface area (Å²) >= 11 is 17.4. The molecule has 7 nitrogen and oxygen atoms in total. The lowest BCUT2D eigenvalue weighted by atomic mass is 10.2. The second-order valence-corrected chi connectivity index (χ2v) is 8.91. The van der Waals surface area contributed by atoms with Gasteiger partial charge in [0.15, 0.2) is 5.11 Å². The summed E-state index contributed by atoms with van der Waals surface area (Å²) < 4.78 is 11.1. The van der Waals surface area contributed by atoms with Crippen LogP contribution in [0.3, 0.4) is 0 Å². The lowest BCUT2D eigenvalue weighted by Crippen LogP contribution is -2.32. The van der Waals surface area contributed by atoms with Crippen LogP contribution in [0, 0.1) is 5.92 Å². The van der Waals surface area contributed by atoms with Gasteiger partial charge < -0.3 is 19.8 Å². The Morgan fingerprint density at radius 3 is 2.51 bits per heavy atom. The maximum absolute atomic E-state index is 12.3. The summed E-state index contributed by atoms with van der Waals surface area (Å²) in [6, 6.07) is 13.6. The van der Waals surface area contributed by atoms with E-state index in [1.54, 1.807) is 62.4 Å². The predicted molar refractivity (Wildman–Crippen MR) is 144 cm³/mol. The van der Waals surface area contributed by atoms with Crippen molar-refractivity contribution < 1.29 is 18.7 Å². The van der Waals surface area contributed by atoms with E-state index in [0.717, 1.165) is 0 Å². The molecule has 3 rings (SSSR count). The van der Waals surface area contributed by atoms with E-state index in [1.165, 1.54) is 19.3 Å². The molecule has 0 aliphatic heterocycles. The van der Waals surface area contributed by atoms with Gasteiger partial charge in [0, 0.05) is 34.3 Å². The lowest BCUT2D eigenvalue weighted by molar-refractivity contribution is -0.119. The molecule has 182 valence electrons. The van der Waals surface area contributed by atoms with Gasteiger partial charge in [0.25, 0.3) is 0 Å². The molecule has 10 heteroatoms. The fraction of sp³-hybridized carbons (Fsp3) is 0.160. The minimum absolute atomic E-state index is 0.0914. The van der Waals surface area contributed by atoms with Crippen LogP contribution in [0.5, 0.6) is 5.75 Å². The molecule has 3 aromatic rings. The topological polar surface area (TPSA) is 92.6 Å². The highest BCUT2D eigenvalue weighted by Gasteiger charge is 2.12. The van der Waals surface area contributed by atoms with Crippen molar-refractivity contribution in [2.75, 3.05) is 17.7 Å². The first-order valence-electron chi connectivity index (χ1n) is 10.5. The molecular formula is C25H23Cl2N3O4S. The maximum Gasteiger partial charge on any atom is 0.250 e. The third kappa shape index (κ3) is 7.32. The van der Waals surface area contributed by atoms with Crippen molar-refractivity contribution in [3.8, 4) is 17.1 Å². The first-order chi connectivity index (χ1) is 16.7. The number of hydrogen-bond acceptors (Lipinski definition) is 5. The van der Waals surface area contributed by atoms with Crippen molar-refractivity contribution >= 4 is 69.8 Å². The van der Waals surface area contributed by atoms with Crippen LogP contribution in [0.2, 0.25) is 10.0 Å². The molecule has 2 amide bonds. The van der Waals surface area contributed by atoms with Crippen molar-refractivity contribution in [2.24, 2.45) is 5.92 Å². The molecule has 1 aromatic heterocycles. The van der Waals surface area contributed by atoms with Gasteiger partial charge in [0.05, 0.1) is 17.8 Å². The molecule has 2 aromatic carbocycles. The minimum atomic E-state index is -0.447. The van der Waals surface area contributed by atoms with Crippen molar-refractivity contribution in [1.82, 2.24) is 5.32 Å². The monoisotopic (exact) mass is 531 g/mol. The number of methoxy groups -OCH3 is 1. The van der Waals surface area contributed by atoms with Gasteiger partial charge in [-0.3, -0.25) is 14.9 Å². The summed E-state index contributed by atoms with van der Waals surface area (Å²) in [5.41, 5.74) is 1.80. The Hall–Kier alpha value is -3.33. The highest BCUT2D eigenvalue weighted by molar-refractivity contribution is 7.80. The molecule has 0 aliphatic carbocycles. The van der Waals surface area contributed by atoms with Gasteiger partial charge >= 0.3 is 0 Å². The van der Waals surface area contributed by atoms with E-state index in [9.17, 15) is 9.59 Å². The molecule has 0 bridgehead atoms. The molecule has 3 N–H and O–H groups in total. The number of nitrogens with one attached hydrogen (secondary N) is 3. The Kier molecular flexibility index (Phi) is 8.92. The van der Waals surface area contributed by atoms with E-state index in [0.29, 0.717) is 44.3 Å². The van der Waals surface area contributed by atoms with Crippen LogP contribution in [-0.4, -0.2) is 24.0 Å². The third-order valence-electron chi connectivity index (χ3n) is 4.70. The number of furan rings is 1. The van der Waals surface area contributed by atoms with Gasteiger partial charge in [-0.2, -0.15) is 0 Å². The molecule has 0 fully saturated rings. The first kappa shape index (κ1) is 26.3. The zero-order valence-electron chi connectivity index (χ0n) is 19.1. The van der Waals surface area contributed by atoms with Crippen molar-refractivity contribution in [3.05, 3.63) is 70.4 Å². The zero-order valence-corrected chi connectivity index (χ0v) is 21.5. The highest BCUT2D eigenvalue weighted by Crippen LogP contribution is 2.32. The molecule has 0 unspecified atom stereocenters. The molecule has 1 heterocycles. The Balaban J connectivity index is 1.58. The van der Waals surface area contributed by atoms with Crippen LogP contribution in [0.15, 0.2) is 59.0 Å². The van der Waals surface area contributed by atoms with Crippen molar-refractivity contribution in [1.29, 1.82) is 0 Å². The number of anilines is 2. The number of hydrogen-bond donors (Lipinski definition) is 3. The van der Waals surface area contributed by atoms with Crippen LogP contribution >= 0.6 is 35.4 Å². The largest absolute Gasteiger partial charge is 0.494 e. The van der Waals surface area contributed by atoms with E-state index in [4.69, 9.17) is 44.6 Å². The van der Waals surface area contributed by atoms with Gasteiger partial charge in [-0.1, -0.05) is 37.0 Å². The van der Waals surface area contributed by atoms with E-state index in [1.807, 2.05) is 0 Å². The number of ether oxygens (including phenoxy) is 1. The third-order valence-corrected chi connectivity index (χ3v) is 5.45. The molecule has 0 spiro atoms. The normalized spacial score (nSPS) is 10.9. The van der Waals surface area contributed by atoms with E-state index < -0.39 is 5.91 Å². The predicted octanol–water partition coefficient (Wildman–Crippen LogP) is 6.38. The van der Waals surface area contributed by atoms with E-state index in [-0.39, 0.29) is 16.9 Å². The average molecular weight is 532 g/mol. The number of thiocarbonyl (C=S) groups is 1. The SMILES string of the molecule is COc1cc(NC(=S)NC(=O)/C=C/c2ccc(-c3ccc(Cl)cc3Cl)o2)ccc1NC(=O)C(C)C. The molecule has 0 saturated heterocycles. The average Bonchev–Trinajstić information content (AvgIpc) is 3.27. The number of halogens is 2. The zero-order chi connectivity index (χ0) is 25.5. The standard InChI is InChI=1S/C25H23Cl2N3O4S/c1-14(2)24(32)29-20-9-5-16(13-22(20)33-3)28-25(35)30-23(31)11-7-17-6-10-21(34-17)18-8-4-15(26)12-19(18)27/h4-14H,1-3H3,(H,29,32)(H2,28,30,31,35)/b11-7+. The second kappa shape index (κ2) is 11.9. The molecule has 0 aliphatic rings. The number of carbonyl (C=O) groups is 2. The first-order valence-corrected chi connectivity index (χ1v) is 11.7. The summed E-state index contributed by atoms with van der Waals surface area (Å²) in [5.74, 6) is 0.717. The van der Waals surface area contributed by atoms with Crippen molar-refractivity contribution in [2.45, 2.75) is 13.8 Å². The molecule has 0 atom stereocenters. The number of carbonyl (C=O) groups excluding carboxylic acids is 2. The lowest BCUT2D eigenvalue weighted by Gasteiger charge is -2.14. The smallest absolute Gasteiger partial charge is 0.250 e. The summed E-state index contributed by atoms with van der Waals surface area (Å²) in [5, 5.41) is 9.35. The van der Waals surface area contributed by atoms with Crippen LogP contribution in [0.1, 0.15) is 19.6 Å². The van der Waals surface area contributed by atoms with Gasteiger partial charge in [-0.25, -0.2) is 0 Å². The summed E-state index contributed by atoms with van der Waals surface area (Å²) in [4.78, 5) is 24.2.